The molecule has 3 atom stereocenters. The number of hydrogen-bond acceptors (Lipinski definition) is 7. The van der Waals surface area contributed by atoms with Crippen LogP contribution in [0.3, 0.4) is 0 Å². The molecule has 0 bridgehead atoms. The van der Waals surface area contributed by atoms with Gasteiger partial charge in [-0.05, 0) is 23.2 Å². The zero-order valence-electron chi connectivity index (χ0n) is 17.3. The van der Waals surface area contributed by atoms with Crippen LogP contribution in [0, 0.1) is 16.6 Å². The Labute approximate surface area is 192 Å². The van der Waals surface area contributed by atoms with Crippen molar-refractivity contribution in [3.63, 3.8) is 0 Å². The first-order chi connectivity index (χ1) is 15.0. The van der Waals surface area contributed by atoms with Crippen LogP contribution in [-0.4, -0.2) is 85.3 Å². The molecule has 1 fully saturated rings. The highest BCUT2D eigenvalue weighted by Gasteiger charge is 2.28. The van der Waals surface area contributed by atoms with Gasteiger partial charge in [-0.1, -0.05) is 21.0 Å². The zero-order valence-corrected chi connectivity index (χ0v) is 20.1. The maximum Gasteiger partial charge on any atom is 0.319 e. The lowest BCUT2D eigenvalue weighted by molar-refractivity contribution is 0.167. The molecule has 32 heavy (non-hydrogen) atoms. The molecule has 1 saturated heterocycles. The summed E-state index contributed by atoms with van der Waals surface area (Å²) in [6, 6.07) is 2.46. The highest BCUT2D eigenvalue weighted by Crippen LogP contribution is 2.32. The molecule has 9 nitrogen and oxygen atoms in total. The number of rotatable bonds is 4. The third kappa shape index (κ3) is 4.80. The molecule has 0 radical (unpaired) electrons. The number of thioether (sulfide) groups is 1. The quantitative estimate of drug-likeness (QED) is 0.287. The second-order valence-electron chi connectivity index (χ2n) is 7.21. The third-order valence-corrected chi connectivity index (χ3v) is 7.05. The van der Waals surface area contributed by atoms with Gasteiger partial charge in [0.15, 0.2) is 17.5 Å². The number of carbonyl (C=O) groups excluding carboxylic acids is 1. The molecule has 2 N–H and O–H groups in total. The predicted octanol–water partition coefficient (Wildman–Crippen LogP) is 2.33. The highest BCUT2D eigenvalue weighted by atomic mass is 32.2. The Hall–Kier alpha value is -2.08. The lowest BCUT2D eigenvalue weighted by Gasteiger charge is -2.37. The van der Waals surface area contributed by atoms with Crippen molar-refractivity contribution in [1.29, 1.82) is 10.8 Å². The van der Waals surface area contributed by atoms with Crippen LogP contribution >= 0.6 is 21.0 Å². The molecule has 0 saturated carbocycles. The summed E-state index contributed by atoms with van der Waals surface area (Å²) in [6.07, 6.45) is 1.50. The molecular weight excluding hydrogens is 481 g/mol. The summed E-state index contributed by atoms with van der Waals surface area (Å²) >= 11 is -2.28. The summed E-state index contributed by atoms with van der Waals surface area (Å²) in [4.78, 5) is 16.4. The van der Waals surface area contributed by atoms with Gasteiger partial charge in [0.2, 0.25) is 0 Å². The van der Waals surface area contributed by atoms with E-state index in [-0.39, 0.29) is 41.1 Å². The number of urea groups is 1. The third-order valence-electron chi connectivity index (χ3n) is 4.95. The summed E-state index contributed by atoms with van der Waals surface area (Å²) in [7, 11) is 5.11. The largest absolute Gasteiger partial charge is 0.768 e. The number of anilines is 1. The maximum atomic E-state index is 15.3. The van der Waals surface area contributed by atoms with Gasteiger partial charge in [-0.3, -0.25) is 15.0 Å². The van der Waals surface area contributed by atoms with Crippen molar-refractivity contribution in [3.05, 3.63) is 29.7 Å². The fourth-order valence-electron chi connectivity index (χ4n) is 3.40. The monoisotopic (exact) mass is 503 g/mol. The highest BCUT2D eigenvalue weighted by molar-refractivity contribution is 8.27. The first-order valence-electron chi connectivity index (χ1n) is 9.41. The van der Waals surface area contributed by atoms with E-state index in [2.05, 4.69) is 0 Å². The normalized spacial score (nSPS) is 16.2. The second kappa shape index (κ2) is 9.82. The number of aromatic nitrogens is 1. The molecule has 2 aromatic heterocycles. The van der Waals surface area contributed by atoms with Crippen molar-refractivity contribution < 1.29 is 22.3 Å². The topological polar surface area (TPSA) is 119 Å². The van der Waals surface area contributed by atoms with Crippen molar-refractivity contribution in [3.8, 4) is 0 Å². The average molecular weight is 504 g/mol. The van der Waals surface area contributed by atoms with E-state index in [1.54, 1.807) is 23.9 Å². The van der Waals surface area contributed by atoms with E-state index in [0.717, 1.165) is 6.07 Å². The lowest BCUT2D eigenvalue weighted by Crippen LogP contribution is -2.52. The first kappa shape index (κ1) is 24.6. The Kier molecular flexibility index (Phi) is 7.53. The van der Waals surface area contributed by atoms with Gasteiger partial charge < -0.3 is 23.7 Å². The first-order valence-corrected chi connectivity index (χ1v) is 12.0. The van der Waals surface area contributed by atoms with Crippen molar-refractivity contribution in [2.75, 3.05) is 45.2 Å². The van der Waals surface area contributed by atoms with E-state index >= 15 is 4.39 Å². The number of alkyl halides is 1. The van der Waals surface area contributed by atoms with E-state index in [0.29, 0.717) is 24.9 Å². The van der Waals surface area contributed by atoms with Crippen molar-refractivity contribution in [2.24, 2.45) is 0 Å². The van der Waals surface area contributed by atoms with Crippen molar-refractivity contribution in [2.45, 2.75) is 10.8 Å². The van der Waals surface area contributed by atoms with Crippen LogP contribution in [0.4, 0.5) is 19.4 Å². The minimum absolute atomic E-state index is 0.00666. The number of pyridine rings is 1. The number of carbonyl (C=O) groups is 1. The summed E-state index contributed by atoms with van der Waals surface area (Å²) in [5.74, 6) is -2.55. The van der Waals surface area contributed by atoms with Crippen LogP contribution in [-0.2, 0) is 11.1 Å². The zero-order chi connectivity index (χ0) is 23.7. The molecular formula is C18H22F2N6O3PS2-. The van der Waals surface area contributed by atoms with Gasteiger partial charge in [0, 0.05) is 52.0 Å². The van der Waals surface area contributed by atoms with E-state index < -0.39 is 32.7 Å². The minimum atomic E-state index is -2.87. The fourth-order valence-corrected chi connectivity index (χ4v) is 4.66. The summed E-state index contributed by atoms with van der Waals surface area (Å²) in [5.41, 5.74) is 0.497. The van der Waals surface area contributed by atoms with Gasteiger partial charge >= 0.3 is 6.03 Å². The smallest absolute Gasteiger partial charge is 0.319 e. The number of hydrogen-bond donors (Lipinski definition) is 2. The van der Waals surface area contributed by atoms with Crippen molar-refractivity contribution in [1.82, 2.24) is 14.2 Å². The molecule has 1 aliphatic heterocycles. The minimum Gasteiger partial charge on any atom is -0.768 e. The molecule has 0 aliphatic carbocycles. The molecule has 2 amide bonds. The predicted molar refractivity (Wildman–Crippen MR) is 124 cm³/mol. The van der Waals surface area contributed by atoms with Crippen LogP contribution in [0.15, 0.2) is 23.2 Å². The maximum absolute atomic E-state index is 15.3. The van der Waals surface area contributed by atoms with Crippen LogP contribution in [0.1, 0.15) is 5.56 Å². The Balaban J connectivity index is 2.01. The van der Waals surface area contributed by atoms with Crippen LogP contribution in [0.2, 0.25) is 0 Å². The number of halogens is 2. The molecule has 1 aliphatic rings. The molecule has 3 heterocycles. The van der Waals surface area contributed by atoms with E-state index in [1.807, 2.05) is 9.24 Å². The SMILES string of the molecule is CN(C)C(=O)N1CCN(c2c(F)c(S(=O)[O-])cc3c(C(=N)SC(=N)C(F)P)ccn23)CC1. The Morgan fingerprint density at radius 2 is 1.94 bits per heavy atom. The molecule has 14 heteroatoms. The van der Waals surface area contributed by atoms with Gasteiger partial charge in [0.25, 0.3) is 0 Å². The standard InChI is InChI=1S/C18H23F2N6O3PS2/c1-23(2)18(27)25-7-5-24(6-8-25)17-13(19)12(32(28)29)9-11-10(3-4-26(11)17)15(21)31-16(22)14(20)30/h3-4,9,14,21-22H,5-8,30H2,1-2H3,(H,28,29)/p-1. The number of fused-ring (bicyclic) bond motifs is 1. The molecule has 3 unspecified atom stereocenters. The van der Waals surface area contributed by atoms with E-state index in [9.17, 15) is 17.9 Å². The van der Waals surface area contributed by atoms with Crippen LogP contribution in [0.25, 0.3) is 5.52 Å². The van der Waals surface area contributed by atoms with Crippen LogP contribution < -0.4 is 4.90 Å². The average Bonchev–Trinajstić information content (AvgIpc) is 3.16. The van der Waals surface area contributed by atoms with Crippen LogP contribution in [0.5, 0.6) is 0 Å². The number of nitrogens with one attached hydrogen (secondary N) is 2. The number of nitrogens with zero attached hydrogens (tertiary/aromatic N) is 4. The van der Waals surface area contributed by atoms with Crippen molar-refractivity contribution >= 4 is 59.5 Å². The van der Waals surface area contributed by atoms with Gasteiger partial charge in [-0.15, -0.1) is 0 Å². The number of amides is 2. The fraction of sp³-hybridized carbons (Fsp3) is 0.389. The molecule has 2 aromatic rings. The summed E-state index contributed by atoms with van der Waals surface area (Å²) < 4.78 is 53.5. The Morgan fingerprint density at radius 1 is 1.31 bits per heavy atom. The molecule has 3 rings (SSSR count). The van der Waals surface area contributed by atoms with Gasteiger partial charge in [-0.2, -0.15) is 0 Å². The summed E-state index contributed by atoms with van der Waals surface area (Å²) in [5, 5.41) is 15.3. The van der Waals surface area contributed by atoms with Gasteiger partial charge in [0.1, 0.15) is 10.1 Å². The van der Waals surface area contributed by atoms with E-state index in [1.165, 1.54) is 21.6 Å². The molecule has 174 valence electrons. The molecule has 0 spiro atoms. The Morgan fingerprint density at radius 3 is 2.47 bits per heavy atom. The number of piperazine rings is 1. The molecule has 0 aromatic carbocycles. The van der Waals surface area contributed by atoms with Gasteiger partial charge in [0.05, 0.1) is 10.4 Å². The van der Waals surface area contributed by atoms with E-state index in [4.69, 9.17) is 10.8 Å². The van der Waals surface area contributed by atoms with Gasteiger partial charge in [-0.25, -0.2) is 13.6 Å². The summed E-state index contributed by atoms with van der Waals surface area (Å²) in [6.45, 7) is 1.21. The lowest BCUT2D eigenvalue weighted by atomic mass is 10.2. The second-order valence-corrected chi connectivity index (χ2v) is 9.76. The Bertz CT molecular complexity index is 1100.